The van der Waals surface area contributed by atoms with Crippen LogP contribution in [0.25, 0.3) is 0 Å². The first-order valence-corrected chi connectivity index (χ1v) is 4.99. The van der Waals surface area contributed by atoms with Crippen molar-refractivity contribution in [2.24, 2.45) is 5.92 Å². The Hall–Kier alpha value is -1.61. The molecule has 2 unspecified atom stereocenters. The number of hydrogen-bond donors (Lipinski definition) is 2. The third-order valence-electron chi connectivity index (χ3n) is 1.94. The van der Waals surface area contributed by atoms with Crippen LogP contribution >= 0.6 is 0 Å². The molecule has 0 heterocycles. The van der Waals surface area contributed by atoms with E-state index in [1.807, 2.05) is 0 Å². The molecule has 0 saturated heterocycles. The standard InChI is InChI=1S/C10H17N3O3/c1-7(6-11)9(14)13-8(2)10(15)12-4-5-16-3/h7-8H,4-5H2,1-3H3,(H,12,15)(H,13,14). The summed E-state index contributed by atoms with van der Waals surface area (Å²) in [5, 5.41) is 13.5. The van der Waals surface area contributed by atoms with Gasteiger partial charge in [0, 0.05) is 13.7 Å². The van der Waals surface area contributed by atoms with E-state index in [1.165, 1.54) is 14.0 Å². The van der Waals surface area contributed by atoms with Gasteiger partial charge in [0.2, 0.25) is 11.8 Å². The van der Waals surface area contributed by atoms with Crippen molar-refractivity contribution in [3.05, 3.63) is 0 Å². The predicted octanol–water partition coefficient (Wildman–Crippen LogP) is -0.587. The third-order valence-corrected chi connectivity index (χ3v) is 1.94. The van der Waals surface area contributed by atoms with Crippen molar-refractivity contribution in [2.75, 3.05) is 20.3 Å². The van der Waals surface area contributed by atoms with Crippen LogP contribution in [-0.4, -0.2) is 38.1 Å². The molecule has 0 aliphatic heterocycles. The molecule has 6 nitrogen and oxygen atoms in total. The number of rotatable bonds is 6. The van der Waals surface area contributed by atoms with E-state index >= 15 is 0 Å². The summed E-state index contributed by atoms with van der Waals surface area (Å²) in [5.41, 5.74) is 0. The first-order chi connectivity index (χ1) is 7.52. The summed E-state index contributed by atoms with van der Waals surface area (Å²) in [5.74, 6) is -1.50. The Morgan fingerprint density at radius 2 is 2.00 bits per heavy atom. The van der Waals surface area contributed by atoms with Crippen LogP contribution in [0.3, 0.4) is 0 Å². The van der Waals surface area contributed by atoms with Crippen molar-refractivity contribution in [3.63, 3.8) is 0 Å². The van der Waals surface area contributed by atoms with Gasteiger partial charge in [0.1, 0.15) is 12.0 Å². The quantitative estimate of drug-likeness (QED) is 0.593. The summed E-state index contributed by atoms with van der Waals surface area (Å²) in [6.45, 7) is 3.85. The van der Waals surface area contributed by atoms with Crippen LogP contribution in [0.15, 0.2) is 0 Å². The van der Waals surface area contributed by atoms with Gasteiger partial charge in [0.25, 0.3) is 0 Å². The normalized spacial score (nSPS) is 13.4. The largest absolute Gasteiger partial charge is 0.383 e. The highest BCUT2D eigenvalue weighted by atomic mass is 16.5. The van der Waals surface area contributed by atoms with Crippen molar-refractivity contribution in [2.45, 2.75) is 19.9 Å². The summed E-state index contributed by atoms with van der Waals surface area (Å²) < 4.78 is 4.76. The second-order valence-electron chi connectivity index (χ2n) is 3.36. The Morgan fingerprint density at radius 3 is 2.50 bits per heavy atom. The monoisotopic (exact) mass is 227 g/mol. The minimum Gasteiger partial charge on any atom is -0.383 e. The molecule has 2 atom stereocenters. The highest BCUT2D eigenvalue weighted by Gasteiger charge is 2.18. The van der Waals surface area contributed by atoms with Gasteiger partial charge in [-0.2, -0.15) is 5.26 Å². The van der Waals surface area contributed by atoms with Crippen LogP contribution in [0, 0.1) is 17.2 Å². The highest BCUT2D eigenvalue weighted by Crippen LogP contribution is 1.93. The lowest BCUT2D eigenvalue weighted by Gasteiger charge is -2.14. The SMILES string of the molecule is COCCNC(=O)C(C)NC(=O)C(C)C#N. The van der Waals surface area contributed by atoms with E-state index in [1.54, 1.807) is 13.0 Å². The topological polar surface area (TPSA) is 91.2 Å². The molecule has 0 radical (unpaired) electrons. The van der Waals surface area contributed by atoms with E-state index in [9.17, 15) is 9.59 Å². The summed E-state index contributed by atoms with van der Waals surface area (Å²) in [6, 6.07) is 1.14. The second kappa shape index (κ2) is 7.65. The van der Waals surface area contributed by atoms with Crippen molar-refractivity contribution in [1.82, 2.24) is 10.6 Å². The number of carbonyl (C=O) groups is 2. The Labute approximate surface area is 95.0 Å². The maximum atomic E-state index is 11.4. The van der Waals surface area contributed by atoms with Crippen molar-refractivity contribution in [3.8, 4) is 6.07 Å². The fraction of sp³-hybridized carbons (Fsp3) is 0.700. The number of nitrogens with zero attached hydrogens (tertiary/aromatic N) is 1. The number of nitrogens with one attached hydrogen (secondary N) is 2. The third kappa shape index (κ3) is 5.32. The zero-order valence-electron chi connectivity index (χ0n) is 9.74. The van der Waals surface area contributed by atoms with E-state index < -0.39 is 17.9 Å². The second-order valence-corrected chi connectivity index (χ2v) is 3.36. The van der Waals surface area contributed by atoms with Crippen LogP contribution in [0.4, 0.5) is 0 Å². The first-order valence-electron chi connectivity index (χ1n) is 4.99. The van der Waals surface area contributed by atoms with Gasteiger partial charge < -0.3 is 15.4 Å². The molecular formula is C10H17N3O3. The molecule has 6 heteroatoms. The van der Waals surface area contributed by atoms with Gasteiger partial charge in [0.05, 0.1) is 12.7 Å². The summed E-state index contributed by atoms with van der Waals surface area (Å²) in [7, 11) is 1.53. The van der Waals surface area contributed by atoms with E-state index in [0.29, 0.717) is 13.2 Å². The number of methoxy groups -OCH3 is 1. The molecule has 0 aromatic heterocycles. The molecular weight excluding hydrogens is 210 g/mol. The van der Waals surface area contributed by atoms with Gasteiger partial charge in [-0.3, -0.25) is 9.59 Å². The molecule has 0 aliphatic carbocycles. The molecule has 2 amide bonds. The smallest absolute Gasteiger partial charge is 0.242 e. The Morgan fingerprint density at radius 1 is 1.38 bits per heavy atom. The van der Waals surface area contributed by atoms with Crippen molar-refractivity contribution < 1.29 is 14.3 Å². The van der Waals surface area contributed by atoms with Gasteiger partial charge in [-0.1, -0.05) is 0 Å². The van der Waals surface area contributed by atoms with Gasteiger partial charge in [-0.25, -0.2) is 0 Å². The number of carbonyl (C=O) groups excluding carboxylic acids is 2. The van der Waals surface area contributed by atoms with Gasteiger partial charge >= 0.3 is 0 Å². The van der Waals surface area contributed by atoms with E-state index in [2.05, 4.69) is 10.6 Å². The molecule has 90 valence electrons. The van der Waals surface area contributed by atoms with Crippen LogP contribution in [0.5, 0.6) is 0 Å². The van der Waals surface area contributed by atoms with Crippen molar-refractivity contribution in [1.29, 1.82) is 5.26 Å². The molecule has 0 saturated carbocycles. The lowest BCUT2D eigenvalue weighted by atomic mass is 10.2. The van der Waals surface area contributed by atoms with E-state index in [-0.39, 0.29) is 5.91 Å². The maximum Gasteiger partial charge on any atom is 0.242 e. The minimum absolute atomic E-state index is 0.296. The molecule has 16 heavy (non-hydrogen) atoms. The number of hydrogen-bond acceptors (Lipinski definition) is 4. The fourth-order valence-corrected chi connectivity index (χ4v) is 0.892. The molecule has 0 fully saturated rings. The molecule has 0 rings (SSSR count). The molecule has 0 aromatic rings. The minimum atomic E-state index is -0.755. The van der Waals surface area contributed by atoms with Crippen LogP contribution < -0.4 is 10.6 Å². The van der Waals surface area contributed by atoms with E-state index in [0.717, 1.165) is 0 Å². The van der Waals surface area contributed by atoms with Crippen molar-refractivity contribution >= 4 is 11.8 Å². The van der Waals surface area contributed by atoms with Gasteiger partial charge in [-0.15, -0.1) is 0 Å². The lowest BCUT2D eigenvalue weighted by molar-refractivity contribution is -0.129. The Balaban J connectivity index is 3.96. The Kier molecular flexibility index (Phi) is 6.88. The first kappa shape index (κ1) is 14.4. The highest BCUT2D eigenvalue weighted by molar-refractivity contribution is 5.88. The summed E-state index contributed by atoms with van der Waals surface area (Å²) in [4.78, 5) is 22.7. The molecule has 0 bridgehead atoms. The zero-order chi connectivity index (χ0) is 12.6. The van der Waals surface area contributed by atoms with Crippen LogP contribution in [0.1, 0.15) is 13.8 Å². The summed E-state index contributed by atoms with van der Waals surface area (Å²) in [6.07, 6.45) is 0. The van der Waals surface area contributed by atoms with E-state index in [4.69, 9.17) is 10.00 Å². The molecule has 0 aliphatic rings. The van der Waals surface area contributed by atoms with Crippen LogP contribution in [-0.2, 0) is 14.3 Å². The van der Waals surface area contributed by atoms with Crippen LogP contribution in [0.2, 0.25) is 0 Å². The zero-order valence-corrected chi connectivity index (χ0v) is 9.74. The fourth-order valence-electron chi connectivity index (χ4n) is 0.892. The number of amides is 2. The maximum absolute atomic E-state index is 11.4. The predicted molar refractivity (Wildman–Crippen MR) is 57.3 cm³/mol. The molecule has 0 spiro atoms. The van der Waals surface area contributed by atoms with Gasteiger partial charge in [0.15, 0.2) is 0 Å². The number of ether oxygens (including phenoxy) is 1. The molecule has 2 N–H and O–H groups in total. The Bertz CT molecular complexity index is 286. The summed E-state index contributed by atoms with van der Waals surface area (Å²) >= 11 is 0. The molecule has 0 aromatic carbocycles. The average Bonchev–Trinajstić information content (AvgIpc) is 2.27. The average molecular weight is 227 g/mol. The lowest BCUT2D eigenvalue weighted by Crippen LogP contribution is -2.46. The number of nitriles is 1. The van der Waals surface area contributed by atoms with Gasteiger partial charge in [-0.05, 0) is 13.8 Å².